The molecule has 0 unspecified atom stereocenters. The largest absolute Gasteiger partial charge is 0.417 e. The van der Waals surface area contributed by atoms with Gasteiger partial charge in [0.05, 0.1) is 28.7 Å². The van der Waals surface area contributed by atoms with E-state index < -0.39 is 11.7 Å². The zero-order valence-corrected chi connectivity index (χ0v) is 16.4. The van der Waals surface area contributed by atoms with Crippen molar-refractivity contribution >= 4 is 22.4 Å². The Balaban J connectivity index is 1.94. The van der Waals surface area contributed by atoms with Crippen LogP contribution in [0.4, 0.5) is 18.3 Å². The lowest BCUT2D eigenvalue weighted by molar-refractivity contribution is -0.137. The van der Waals surface area contributed by atoms with E-state index in [2.05, 4.69) is 20.4 Å². The van der Waals surface area contributed by atoms with Crippen molar-refractivity contribution in [2.24, 2.45) is 0 Å². The molecule has 0 aliphatic rings. The third-order valence-corrected chi connectivity index (χ3v) is 5.13. The molecule has 0 saturated carbocycles. The molecule has 1 N–H and O–H groups in total. The highest BCUT2D eigenvalue weighted by Gasteiger charge is 2.31. The maximum absolute atomic E-state index is 12.8. The third kappa shape index (κ3) is 3.91. The summed E-state index contributed by atoms with van der Waals surface area (Å²) in [5.74, 6) is -0.292. The van der Waals surface area contributed by atoms with Crippen LogP contribution in [-0.4, -0.2) is 25.7 Å². The Morgan fingerprint density at radius 1 is 1.21 bits per heavy atom. The van der Waals surface area contributed by atoms with Gasteiger partial charge in [0.25, 0.3) is 5.91 Å². The molecule has 0 aromatic carbocycles. The van der Waals surface area contributed by atoms with Crippen LogP contribution >= 0.6 is 11.3 Å². The average molecular weight is 409 g/mol. The van der Waals surface area contributed by atoms with E-state index in [1.165, 1.54) is 28.3 Å². The van der Waals surface area contributed by atoms with Crippen molar-refractivity contribution in [1.29, 1.82) is 0 Å². The minimum atomic E-state index is -4.47. The van der Waals surface area contributed by atoms with E-state index in [1.807, 2.05) is 27.7 Å². The number of nitrogens with one attached hydrogen (secondary N) is 1. The van der Waals surface area contributed by atoms with E-state index in [0.717, 1.165) is 22.8 Å². The number of halogens is 3. The van der Waals surface area contributed by atoms with Crippen LogP contribution in [0, 0.1) is 13.8 Å². The van der Waals surface area contributed by atoms with Crippen LogP contribution in [0.3, 0.4) is 0 Å². The molecule has 0 fully saturated rings. The number of carbonyl (C=O) groups is 1. The molecular formula is C18H18F3N5OS. The first-order chi connectivity index (χ1) is 13.1. The number of hydrogen-bond acceptors (Lipinski definition) is 5. The number of alkyl halides is 3. The molecule has 0 bridgehead atoms. The minimum absolute atomic E-state index is 0.118. The highest BCUT2D eigenvalue weighted by molar-refractivity contribution is 7.15. The molecule has 0 saturated heterocycles. The van der Waals surface area contributed by atoms with Crippen molar-refractivity contribution < 1.29 is 18.0 Å². The van der Waals surface area contributed by atoms with Gasteiger partial charge >= 0.3 is 6.18 Å². The van der Waals surface area contributed by atoms with Gasteiger partial charge in [0.2, 0.25) is 0 Å². The molecular weight excluding hydrogens is 391 g/mol. The van der Waals surface area contributed by atoms with E-state index in [4.69, 9.17) is 0 Å². The van der Waals surface area contributed by atoms with Crippen molar-refractivity contribution in [3.05, 3.63) is 51.9 Å². The van der Waals surface area contributed by atoms with Crippen molar-refractivity contribution in [2.75, 3.05) is 5.32 Å². The van der Waals surface area contributed by atoms with Crippen LogP contribution in [0.1, 0.15) is 52.0 Å². The van der Waals surface area contributed by atoms with E-state index in [9.17, 15) is 18.0 Å². The fraction of sp³-hybridized carbons (Fsp3) is 0.333. The van der Waals surface area contributed by atoms with E-state index in [-0.39, 0.29) is 17.6 Å². The normalized spacial score (nSPS) is 11.9. The quantitative estimate of drug-likeness (QED) is 0.676. The molecule has 3 rings (SSSR count). The van der Waals surface area contributed by atoms with Crippen molar-refractivity contribution in [3.63, 3.8) is 0 Å². The van der Waals surface area contributed by atoms with Crippen molar-refractivity contribution in [2.45, 2.75) is 39.8 Å². The van der Waals surface area contributed by atoms with Crippen LogP contribution in [0.25, 0.3) is 5.82 Å². The maximum Gasteiger partial charge on any atom is 0.417 e. The van der Waals surface area contributed by atoms with Crippen molar-refractivity contribution in [1.82, 2.24) is 19.7 Å². The number of carbonyl (C=O) groups excluding carboxylic acids is 1. The minimum Gasteiger partial charge on any atom is -0.298 e. The number of amides is 1. The van der Waals surface area contributed by atoms with Gasteiger partial charge in [0.15, 0.2) is 10.9 Å². The predicted molar refractivity (Wildman–Crippen MR) is 100.0 cm³/mol. The van der Waals surface area contributed by atoms with E-state index in [1.54, 1.807) is 0 Å². The molecule has 6 nitrogen and oxygen atoms in total. The summed E-state index contributed by atoms with van der Waals surface area (Å²) in [6.07, 6.45) is -2.33. The van der Waals surface area contributed by atoms with E-state index in [0.29, 0.717) is 16.4 Å². The number of hydrogen-bond donors (Lipinski definition) is 1. The highest BCUT2D eigenvalue weighted by Crippen LogP contribution is 2.30. The monoisotopic (exact) mass is 409 g/mol. The Morgan fingerprint density at radius 2 is 1.93 bits per heavy atom. The molecule has 28 heavy (non-hydrogen) atoms. The molecule has 10 heteroatoms. The molecule has 0 aliphatic heterocycles. The van der Waals surface area contributed by atoms with Gasteiger partial charge in [-0.05, 0) is 31.9 Å². The van der Waals surface area contributed by atoms with Gasteiger partial charge in [0.1, 0.15) is 0 Å². The molecule has 148 valence electrons. The Kier molecular flexibility index (Phi) is 5.24. The van der Waals surface area contributed by atoms with Crippen LogP contribution in [0.15, 0.2) is 24.5 Å². The summed E-state index contributed by atoms with van der Waals surface area (Å²) in [4.78, 5) is 21.9. The lowest BCUT2D eigenvalue weighted by atomic mass is 10.1. The number of nitrogens with zero attached hydrogens (tertiary/aromatic N) is 4. The van der Waals surface area contributed by atoms with Crippen LogP contribution in [0.5, 0.6) is 0 Å². The smallest absolute Gasteiger partial charge is 0.298 e. The zero-order valence-electron chi connectivity index (χ0n) is 15.6. The van der Waals surface area contributed by atoms with Gasteiger partial charge in [-0.3, -0.25) is 10.1 Å². The van der Waals surface area contributed by atoms with Gasteiger partial charge in [-0.2, -0.15) is 18.3 Å². The maximum atomic E-state index is 12.8. The number of pyridine rings is 1. The number of rotatable bonds is 4. The summed E-state index contributed by atoms with van der Waals surface area (Å²) < 4.78 is 39.7. The van der Waals surface area contributed by atoms with Gasteiger partial charge < -0.3 is 0 Å². The van der Waals surface area contributed by atoms with Gasteiger partial charge in [-0.15, -0.1) is 11.3 Å². The average Bonchev–Trinajstić information content (AvgIpc) is 3.18. The Hall–Kier alpha value is -2.75. The lowest BCUT2D eigenvalue weighted by Gasteiger charge is -2.13. The molecule has 1 amide bonds. The molecule has 0 aliphatic carbocycles. The molecule has 3 aromatic rings. The number of aryl methyl sites for hydroxylation is 2. The van der Waals surface area contributed by atoms with E-state index >= 15 is 0 Å². The van der Waals surface area contributed by atoms with Crippen LogP contribution < -0.4 is 5.32 Å². The van der Waals surface area contributed by atoms with Crippen molar-refractivity contribution in [3.8, 4) is 5.82 Å². The summed E-state index contributed by atoms with van der Waals surface area (Å²) in [6, 6.07) is 2.17. The first-order valence-corrected chi connectivity index (χ1v) is 9.26. The number of anilines is 1. The molecule has 0 spiro atoms. The van der Waals surface area contributed by atoms with Crippen LogP contribution in [0.2, 0.25) is 0 Å². The summed E-state index contributed by atoms with van der Waals surface area (Å²) in [5.41, 5.74) is 0.868. The van der Waals surface area contributed by atoms with Gasteiger partial charge in [0, 0.05) is 11.1 Å². The number of thiazole rings is 1. The first-order valence-electron chi connectivity index (χ1n) is 8.45. The topological polar surface area (TPSA) is 72.7 Å². The molecule has 3 heterocycles. The summed E-state index contributed by atoms with van der Waals surface area (Å²) in [5, 5.41) is 7.42. The number of aromatic nitrogens is 4. The Bertz CT molecular complexity index is 986. The third-order valence-electron chi connectivity index (χ3n) is 4.14. The van der Waals surface area contributed by atoms with Crippen LogP contribution in [-0.2, 0) is 6.18 Å². The fourth-order valence-electron chi connectivity index (χ4n) is 2.64. The molecule has 3 aromatic heterocycles. The zero-order chi connectivity index (χ0) is 20.6. The molecule has 0 atom stereocenters. The summed E-state index contributed by atoms with van der Waals surface area (Å²) in [6.45, 7) is 7.50. The van der Waals surface area contributed by atoms with Gasteiger partial charge in [-0.1, -0.05) is 13.8 Å². The second kappa shape index (κ2) is 7.34. The lowest BCUT2D eigenvalue weighted by Crippen LogP contribution is -2.16. The highest BCUT2D eigenvalue weighted by atomic mass is 32.1. The SMILES string of the molecule is Cc1nc(NC(=O)c2cnn(-c3ccc(C(F)(F)F)cn3)c2C(C)C)sc1C. The first kappa shape index (κ1) is 20.0. The Labute approximate surface area is 163 Å². The fourth-order valence-corrected chi connectivity index (χ4v) is 3.45. The van der Waals surface area contributed by atoms with Gasteiger partial charge in [-0.25, -0.2) is 14.6 Å². The predicted octanol–water partition coefficient (Wildman–Crippen LogP) is 4.74. The summed E-state index contributed by atoms with van der Waals surface area (Å²) in [7, 11) is 0. The second-order valence-electron chi connectivity index (χ2n) is 6.53. The standard InChI is InChI=1S/C18H18F3N5OS/c1-9(2)15-13(16(27)25-17-24-10(3)11(4)28-17)8-23-26(15)14-6-5-12(7-22-14)18(19,20)21/h5-9H,1-4H3,(H,24,25,27). The molecule has 0 radical (unpaired) electrons. The summed E-state index contributed by atoms with van der Waals surface area (Å²) >= 11 is 1.37. The second-order valence-corrected chi connectivity index (χ2v) is 7.73. The Morgan fingerprint density at radius 3 is 2.43 bits per heavy atom.